The number of ether oxygens (including phenoxy) is 2. The molecule has 1 amide bonds. The lowest BCUT2D eigenvalue weighted by molar-refractivity contribution is 0.0947. The average Bonchev–Trinajstić information content (AvgIpc) is 3.25. The predicted molar refractivity (Wildman–Crippen MR) is 124 cm³/mol. The van der Waals surface area contributed by atoms with E-state index in [-0.39, 0.29) is 29.3 Å². The number of aromatic nitrogens is 3. The van der Waals surface area contributed by atoms with Crippen molar-refractivity contribution in [3.05, 3.63) is 61.9 Å². The maximum absolute atomic E-state index is 13.3. The van der Waals surface area contributed by atoms with Gasteiger partial charge in [-0.25, -0.2) is 9.78 Å². The number of nitrogens with one attached hydrogen (secondary N) is 2. The second-order valence-electron chi connectivity index (χ2n) is 9.09. The van der Waals surface area contributed by atoms with E-state index in [0.717, 1.165) is 5.56 Å². The predicted octanol–water partition coefficient (Wildman–Crippen LogP) is 2.66. The zero-order chi connectivity index (χ0) is 23.9. The Balaban J connectivity index is 1.70. The molecule has 9 nitrogen and oxygen atoms in total. The highest BCUT2D eigenvalue weighted by Gasteiger charge is 2.26. The third kappa shape index (κ3) is 4.10. The van der Waals surface area contributed by atoms with E-state index in [1.54, 1.807) is 13.0 Å². The molecule has 3 aromatic rings. The van der Waals surface area contributed by atoms with E-state index in [2.05, 4.69) is 15.3 Å². The molecule has 1 aromatic carbocycles. The first-order valence-corrected chi connectivity index (χ1v) is 11.0. The molecule has 2 N–H and O–H groups in total. The minimum absolute atomic E-state index is 0.00530. The minimum atomic E-state index is -0.623. The highest BCUT2D eigenvalue weighted by molar-refractivity contribution is 6.05. The molecular formula is C24H28N4O5. The standard InChI is InChI=1S/C24H28N4O5/c1-6-28-20-19(22(30)27-23(28)31)15(10-16(26-20)13(2)3)21(29)25-11-24(4,5)14-7-8-17-18(9-14)33-12-32-17/h7-10,13H,6,11-12H2,1-5H3,(H,25,29)(H,27,30,31). The van der Waals surface area contributed by atoms with Crippen molar-refractivity contribution < 1.29 is 14.3 Å². The van der Waals surface area contributed by atoms with Crippen LogP contribution < -0.4 is 26.0 Å². The normalized spacial score (nSPS) is 13.0. The van der Waals surface area contributed by atoms with Crippen LogP contribution in [0.3, 0.4) is 0 Å². The van der Waals surface area contributed by atoms with E-state index in [1.165, 1.54) is 4.57 Å². The summed E-state index contributed by atoms with van der Waals surface area (Å²) >= 11 is 0. The fourth-order valence-electron chi connectivity index (χ4n) is 3.88. The summed E-state index contributed by atoms with van der Waals surface area (Å²) in [4.78, 5) is 45.1. The van der Waals surface area contributed by atoms with E-state index in [4.69, 9.17) is 9.47 Å². The molecule has 0 spiro atoms. The van der Waals surface area contributed by atoms with Gasteiger partial charge in [0.15, 0.2) is 17.1 Å². The van der Waals surface area contributed by atoms with Crippen LogP contribution in [-0.4, -0.2) is 33.8 Å². The van der Waals surface area contributed by atoms with Gasteiger partial charge >= 0.3 is 5.69 Å². The van der Waals surface area contributed by atoms with Gasteiger partial charge < -0.3 is 14.8 Å². The summed E-state index contributed by atoms with van der Waals surface area (Å²) in [7, 11) is 0. The molecule has 3 heterocycles. The molecule has 2 aromatic heterocycles. The average molecular weight is 453 g/mol. The topological polar surface area (TPSA) is 115 Å². The van der Waals surface area contributed by atoms with E-state index in [9.17, 15) is 14.4 Å². The van der Waals surface area contributed by atoms with Gasteiger partial charge in [-0.15, -0.1) is 0 Å². The van der Waals surface area contributed by atoms with Crippen molar-refractivity contribution in [2.75, 3.05) is 13.3 Å². The highest BCUT2D eigenvalue weighted by Crippen LogP contribution is 2.36. The summed E-state index contributed by atoms with van der Waals surface area (Å²) in [5.74, 6) is 0.984. The zero-order valence-electron chi connectivity index (χ0n) is 19.4. The summed E-state index contributed by atoms with van der Waals surface area (Å²) in [6.45, 7) is 10.5. The van der Waals surface area contributed by atoms with Gasteiger partial charge in [-0.05, 0) is 36.6 Å². The van der Waals surface area contributed by atoms with Gasteiger partial charge in [0.05, 0.1) is 10.9 Å². The molecule has 174 valence electrons. The maximum Gasteiger partial charge on any atom is 0.329 e. The lowest BCUT2D eigenvalue weighted by Gasteiger charge is -2.26. The fraction of sp³-hybridized carbons (Fsp3) is 0.417. The number of aryl methyl sites for hydroxylation is 1. The molecule has 0 bridgehead atoms. The monoisotopic (exact) mass is 452 g/mol. The van der Waals surface area contributed by atoms with Gasteiger partial charge in [-0.1, -0.05) is 33.8 Å². The minimum Gasteiger partial charge on any atom is -0.454 e. The molecule has 0 fully saturated rings. The number of H-pyrrole nitrogens is 1. The van der Waals surface area contributed by atoms with Gasteiger partial charge in [0.2, 0.25) is 6.79 Å². The largest absolute Gasteiger partial charge is 0.454 e. The first-order valence-electron chi connectivity index (χ1n) is 11.0. The van der Waals surface area contributed by atoms with Gasteiger partial charge in [0, 0.05) is 24.2 Å². The van der Waals surface area contributed by atoms with E-state index in [1.807, 2.05) is 45.9 Å². The Morgan fingerprint density at radius 2 is 1.94 bits per heavy atom. The van der Waals surface area contributed by atoms with E-state index < -0.39 is 22.6 Å². The molecule has 0 unspecified atom stereocenters. The lowest BCUT2D eigenvalue weighted by Crippen LogP contribution is -2.38. The number of nitrogens with zero attached hydrogens (tertiary/aromatic N) is 2. The molecule has 0 saturated carbocycles. The number of aromatic amines is 1. The Labute approximate surface area is 190 Å². The Morgan fingerprint density at radius 1 is 1.21 bits per heavy atom. The van der Waals surface area contributed by atoms with Crippen LogP contribution in [0.15, 0.2) is 33.9 Å². The Morgan fingerprint density at radius 3 is 2.64 bits per heavy atom. The number of pyridine rings is 1. The third-order valence-electron chi connectivity index (χ3n) is 5.97. The van der Waals surface area contributed by atoms with Crippen molar-refractivity contribution in [2.45, 2.75) is 52.5 Å². The number of carbonyl (C=O) groups is 1. The van der Waals surface area contributed by atoms with E-state index in [0.29, 0.717) is 30.3 Å². The van der Waals surface area contributed by atoms with Crippen molar-refractivity contribution in [3.63, 3.8) is 0 Å². The van der Waals surface area contributed by atoms with Crippen LogP contribution in [0.1, 0.15) is 62.2 Å². The van der Waals surface area contributed by atoms with Gasteiger partial charge in [0.25, 0.3) is 11.5 Å². The molecule has 1 aliphatic rings. The summed E-state index contributed by atoms with van der Waals surface area (Å²) in [5.41, 5.74) is 0.452. The van der Waals surface area contributed by atoms with Crippen LogP contribution in [-0.2, 0) is 12.0 Å². The SMILES string of the molecule is CCn1c(=O)[nH]c(=O)c2c(C(=O)NCC(C)(C)c3ccc4c(c3)OCO4)cc(C(C)C)nc21. The Hall–Kier alpha value is -3.62. The van der Waals surface area contributed by atoms with Crippen LogP contribution in [0, 0.1) is 0 Å². The van der Waals surface area contributed by atoms with E-state index >= 15 is 0 Å². The van der Waals surface area contributed by atoms with Gasteiger partial charge in [0.1, 0.15) is 0 Å². The summed E-state index contributed by atoms with van der Waals surface area (Å²) in [6.07, 6.45) is 0. The summed E-state index contributed by atoms with van der Waals surface area (Å²) in [5, 5.41) is 3.07. The quantitative estimate of drug-likeness (QED) is 0.594. The Kier molecular flexibility index (Phi) is 5.73. The number of carbonyl (C=O) groups excluding carboxylic acids is 1. The van der Waals surface area contributed by atoms with Crippen molar-refractivity contribution in [1.29, 1.82) is 0 Å². The first-order chi connectivity index (χ1) is 15.6. The third-order valence-corrected chi connectivity index (χ3v) is 5.97. The second kappa shape index (κ2) is 8.38. The molecule has 0 saturated heterocycles. The Bertz CT molecular complexity index is 1350. The molecule has 0 atom stereocenters. The van der Waals surface area contributed by atoms with Crippen LogP contribution in [0.5, 0.6) is 11.5 Å². The number of hydrogen-bond acceptors (Lipinski definition) is 6. The number of rotatable bonds is 6. The number of fused-ring (bicyclic) bond motifs is 2. The molecule has 0 aliphatic carbocycles. The molecule has 9 heteroatoms. The number of hydrogen-bond donors (Lipinski definition) is 2. The van der Waals surface area contributed by atoms with Gasteiger partial charge in [-0.3, -0.25) is 19.1 Å². The van der Waals surface area contributed by atoms with Gasteiger partial charge in [-0.2, -0.15) is 0 Å². The van der Waals surface area contributed by atoms with Crippen molar-refractivity contribution in [1.82, 2.24) is 19.9 Å². The molecule has 1 aliphatic heterocycles. The number of benzene rings is 1. The maximum atomic E-state index is 13.3. The highest BCUT2D eigenvalue weighted by atomic mass is 16.7. The van der Waals surface area contributed by atoms with Crippen LogP contribution in [0.25, 0.3) is 11.0 Å². The molecule has 33 heavy (non-hydrogen) atoms. The summed E-state index contributed by atoms with van der Waals surface area (Å²) < 4.78 is 12.2. The van der Waals surface area contributed by atoms with Crippen molar-refractivity contribution in [3.8, 4) is 11.5 Å². The first kappa shape index (κ1) is 22.6. The van der Waals surface area contributed by atoms with Crippen LogP contribution in [0.4, 0.5) is 0 Å². The van der Waals surface area contributed by atoms with Crippen LogP contribution in [0.2, 0.25) is 0 Å². The molecule has 4 rings (SSSR count). The van der Waals surface area contributed by atoms with Crippen molar-refractivity contribution in [2.24, 2.45) is 0 Å². The summed E-state index contributed by atoms with van der Waals surface area (Å²) in [6, 6.07) is 7.35. The zero-order valence-corrected chi connectivity index (χ0v) is 19.4. The van der Waals surface area contributed by atoms with Crippen LogP contribution >= 0.6 is 0 Å². The smallest absolute Gasteiger partial charge is 0.329 e. The van der Waals surface area contributed by atoms with Crippen molar-refractivity contribution >= 4 is 16.9 Å². The fourth-order valence-corrected chi connectivity index (χ4v) is 3.88. The second-order valence-corrected chi connectivity index (χ2v) is 9.09. The molecule has 0 radical (unpaired) electrons. The number of amides is 1. The molecular weight excluding hydrogens is 424 g/mol. The lowest BCUT2D eigenvalue weighted by atomic mass is 9.84.